The van der Waals surface area contributed by atoms with Gasteiger partial charge in [0.05, 0.1) is 0 Å². The molecule has 0 aliphatic rings. The van der Waals surface area contributed by atoms with E-state index in [1.54, 1.807) is 0 Å². The lowest BCUT2D eigenvalue weighted by molar-refractivity contribution is 0.670. The van der Waals surface area contributed by atoms with Crippen LogP contribution in [-0.2, 0) is 0 Å². The van der Waals surface area contributed by atoms with Crippen LogP contribution in [0, 0.1) is 0 Å². The largest absolute Gasteiger partial charge is 0.455 e. The molecule has 0 aliphatic carbocycles. The predicted octanol–water partition coefficient (Wildman–Crippen LogP) is 13.9. The number of hydrogen-bond donors (Lipinski definition) is 0. The Kier molecular flexibility index (Phi) is 5.32. The Morgan fingerprint density at radius 2 is 0.917 bits per heavy atom. The third kappa shape index (κ3) is 3.50. The lowest BCUT2D eigenvalue weighted by Gasteiger charge is -2.18. The van der Waals surface area contributed by atoms with Crippen LogP contribution in [0.1, 0.15) is 0 Å². The maximum atomic E-state index is 6.59. The van der Waals surface area contributed by atoms with Crippen LogP contribution in [0.2, 0.25) is 0 Å². The van der Waals surface area contributed by atoms with Crippen molar-refractivity contribution in [1.29, 1.82) is 0 Å². The highest BCUT2D eigenvalue weighted by Gasteiger charge is 2.21. The summed E-state index contributed by atoms with van der Waals surface area (Å²) >= 11 is 1.92. The van der Waals surface area contributed by atoms with Crippen LogP contribution in [0.3, 0.4) is 0 Å². The first kappa shape index (κ1) is 26.1. The van der Waals surface area contributed by atoms with Gasteiger partial charge in [-0.05, 0) is 61.0 Å². The van der Waals surface area contributed by atoms with Crippen molar-refractivity contribution < 1.29 is 4.42 Å². The molecule has 0 spiro atoms. The molecule has 0 fully saturated rings. The zero-order valence-electron chi connectivity index (χ0n) is 25.8. The Morgan fingerprint density at radius 3 is 1.62 bits per heavy atom. The smallest absolute Gasteiger partial charge is 0.143 e. The summed E-state index contributed by atoms with van der Waals surface area (Å²) in [6.45, 7) is 0. The average molecular weight is 627 g/mol. The Labute approximate surface area is 279 Å². The SMILES string of the molecule is c1ccc2c(c1)oc1c(-c3c4ccccc4c(-c4ccc5c(c4)sc4c6ccccc6c6ccccc6c54)c4ccccc34)cccc12. The topological polar surface area (TPSA) is 13.1 Å². The second-order valence-electron chi connectivity index (χ2n) is 12.7. The lowest BCUT2D eigenvalue weighted by atomic mass is 9.85. The van der Waals surface area contributed by atoms with E-state index in [1.165, 1.54) is 80.0 Å². The highest BCUT2D eigenvalue weighted by atomic mass is 32.1. The number of rotatable bonds is 2. The molecule has 2 heterocycles. The predicted molar refractivity (Wildman–Crippen MR) is 208 cm³/mol. The molecule has 2 heteroatoms. The van der Waals surface area contributed by atoms with E-state index >= 15 is 0 Å². The number of furan rings is 1. The minimum absolute atomic E-state index is 0.919. The fraction of sp³-hybridized carbons (Fsp3) is 0. The molecule has 0 amide bonds. The number of hydrogen-bond acceptors (Lipinski definition) is 2. The first-order valence-corrected chi connectivity index (χ1v) is 17.3. The quantitative estimate of drug-likeness (QED) is 0.137. The van der Waals surface area contributed by atoms with E-state index in [2.05, 4.69) is 152 Å². The summed E-state index contributed by atoms with van der Waals surface area (Å²) in [7, 11) is 0. The molecule has 0 saturated carbocycles. The van der Waals surface area contributed by atoms with Crippen LogP contribution in [0.15, 0.2) is 162 Å². The van der Waals surface area contributed by atoms with E-state index in [9.17, 15) is 0 Å². The van der Waals surface area contributed by atoms with Gasteiger partial charge in [-0.1, -0.05) is 146 Å². The molecular weight excluding hydrogens is 601 g/mol. The van der Waals surface area contributed by atoms with Gasteiger partial charge >= 0.3 is 0 Å². The van der Waals surface area contributed by atoms with Crippen molar-refractivity contribution in [2.75, 3.05) is 0 Å². The Morgan fingerprint density at radius 1 is 0.375 bits per heavy atom. The molecule has 11 rings (SSSR count). The van der Waals surface area contributed by atoms with Crippen molar-refractivity contribution in [1.82, 2.24) is 0 Å². The van der Waals surface area contributed by atoms with Gasteiger partial charge in [-0.15, -0.1) is 11.3 Å². The van der Waals surface area contributed by atoms with Crippen LogP contribution < -0.4 is 0 Å². The molecule has 222 valence electrons. The molecule has 0 N–H and O–H groups in total. The van der Waals surface area contributed by atoms with Gasteiger partial charge in [-0.2, -0.15) is 0 Å². The van der Waals surface area contributed by atoms with Crippen LogP contribution >= 0.6 is 11.3 Å². The second-order valence-corrected chi connectivity index (χ2v) is 13.8. The monoisotopic (exact) mass is 626 g/mol. The van der Waals surface area contributed by atoms with Crippen molar-refractivity contribution >= 4 is 96.5 Å². The maximum Gasteiger partial charge on any atom is 0.143 e. The molecule has 2 aromatic heterocycles. The third-order valence-electron chi connectivity index (χ3n) is 10.2. The molecule has 48 heavy (non-hydrogen) atoms. The summed E-state index contributed by atoms with van der Waals surface area (Å²) in [5.41, 5.74) is 6.71. The first-order valence-electron chi connectivity index (χ1n) is 16.4. The van der Waals surface area contributed by atoms with Crippen LogP contribution in [0.4, 0.5) is 0 Å². The summed E-state index contributed by atoms with van der Waals surface area (Å²) < 4.78 is 9.26. The molecule has 11 aromatic rings. The molecule has 9 aromatic carbocycles. The first-order chi connectivity index (χ1) is 23.8. The summed E-state index contributed by atoms with van der Waals surface area (Å²) in [6, 6.07) is 57.6. The standard InChI is InChI=1S/C46H26OS/c1-3-15-31-28(12-1)29-13-2-8-20-37(29)46-44(31)38-25-24-27(26-41(38)48-46)42-32-16-4-6-18-34(32)43(35-19-7-5-17-33(35)42)39-22-11-21-36-30-14-9-10-23-40(30)47-45(36)39/h1-26H. The lowest BCUT2D eigenvalue weighted by Crippen LogP contribution is -1.91. The van der Waals surface area contributed by atoms with Crippen molar-refractivity contribution in [3.05, 3.63) is 158 Å². The fourth-order valence-electron chi connectivity index (χ4n) is 8.23. The van der Waals surface area contributed by atoms with Gasteiger partial charge in [0.2, 0.25) is 0 Å². The van der Waals surface area contributed by atoms with Gasteiger partial charge in [-0.3, -0.25) is 0 Å². The number of benzene rings is 9. The number of thiophene rings is 1. The zero-order chi connectivity index (χ0) is 31.3. The van der Waals surface area contributed by atoms with Crippen molar-refractivity contribution in [2.24, 2.45) is 0 Å². The Balaban J connectivity index is 1.23. The van der Waals surface area contributed by atoms with Crippen LogP contribution in [-0.4, -0.2) is 0 Å². The maximum absolute atomic E-state index is 6.59. The van der Waals surface area contributed by atoms with Gasteiger partial charge in [0.15, 0.2) is 0 Å². The minimum atomic E-state index is 0.919. The normalized spacial score (nSPS) is 12.2. The molecule has 0 aliphatic heterocycles. The molecule has 0 radical (unpaired) electrons. The van der Waals surface area contributed by atoms with Crippen LogP contribution in [0.5, 0.6) is 0 Å². The highest BCUT2D eigenvalue weighted by molar-refractivity contribution is 7.27. The molecule has 0 bridgehead atoms. The van der Waals surface area contributed by atoms with Crippen LogP contribution in [0.25, 0.3) is 107 Å². The average Bonchev–Trinajstić information content (AvgIpc) is 3.73. The molecule has 0 atom stereocenters. The summed E-state index contributed by atoms with van der Waals surface area (Å²) in [4.78, 5) is 0. The van der Waals surface area contributed by atoms with Gasteiger partial charge in [0, 0.05) is 47.5 Å². The summed E-state index contributed by atoms with van der Waals surface area (Å²) in [5, 5.41) is 15.2. The fourth-order valence-corrected chi connectivity index (χ4v) is 9.53. The van der Waals surface area contributed by atoms with Crippen molar-refractivity contribution in [3.63, 3.8) is 0 Å². The number of fused-ring (bicyclic) bond motifs is 13. The van der Waals surface area contributed by atoms with E-state index in [1.807, 2.05) is 17.4 Å². The van der Waals surface area contributed by atoms with E-state index in [0.717, 1.165) is 27.5 Å². The minimum Gasteiger partial charge on any atom is -0.455 e. The number of para-hydroxylation sites is 2. The van der Waals surface area contributed by atoms with Gasteiger partial charge in [-0.25, -0.2) is 0 Å². The van der Waals surface area contributed by atoms with Gasteiger partial charge in [0.1, 0.15) is 11.2 Å². The van der Waals surface area contributed by atoms with E-state index in [4.69, 9.17) is 4.42 Å². The molecule has 0 unspecified atom stereocenters. The molecule has 1 nitrogen and oxygen atoms in total. The zero-order valence-corrected chi connectivity index (χ0v) is 26.6. The second kappa shape index (κ2) is 9.78. The van der Waals surface area contributed by atoms with Gasteiger partial charge < -0.3 is 4.42 Å². The van der Waals surface area contributed by atoms with E-state index in [0.29, 0.717) is 0 Å². The Bertz CT molecular complexity index is 3060. The van der Waals surface area contributed by atoms with Crippen molar-refractivity contribution in [2.45, 2.75) is 0 Å². The Hall–Kier alpha value is -5.96. The highest BCUT2D eigenvalue weighted by Crippen LogP contribution is 2.49. The third-order valence-corrected chi connectivity index (χ3v) is 11.4. The van der Waals surface area contributed by atoms with E-state index < -0.39 is 0 Å². The molecular formula is C46H26OS. The summed E-state index contributed by atoms with van der Waals surface area (Å²) in [6.07, 6.45) is 0. The summed E-state index contributed by atoms with van der Waals surface area (Å²) in [5.74, 6) is 0. The van der Waals surface area contributed by atoms with Gasteiger partial charge in [0.25, 0.3) is 0 Å². The van der Waals surface area contributed by atoms with Crippen molar-refractivity contribution in [3.8, 4) is 22.3 Å². The molecule has 0 saturated heterocycles. The van der Waals surface area contributed by atoms with E-state index in [-0.39, 0.29) is 0 Å².